The minimum Gasteiger partial charge on any atom is -0.449 e. The number of rotatable bonds is 4. The number of aromatic nitrogens is 4. The number of hydrogen-bond donors (Lipinski definition) is 1. The van der Waals surface area contributed by atoms with E-state index >= 15 is 0 Å². The predicted octanol–water partition coefficient (Wildman–Crippen LogP) is 4.39. The van der Waals surface area contributed by atoms with Gasteiger partial charge in [-0.05, 0) is 42.7 Å². The van der Waals surface area contributed by atoms with Crippen molar-refractivity contribution in [1.29, 1.82) is 0 Å². The van der Waals surface area contributed by atoms with Crippen LogP contribution in [0.5, 0.6) is 5.19 Å². The highest BCUT2D eigenvalue weighted by Gasteiger charge is 2.28. The summed E-state index contributed by atoms with van der Waals surface area (Å²) in [6.45, 7) is 0.816. The highest BCUT2D eigenvalue weighted by Crippen LogP contribution is 2.36. The lowest BCUT2D eigenvalue weighted by molar-refractivity contribution is 0.144. The third-order valence-electron chi connectivity index (χ3n) is 5.05. The summed E-state index contributed by atoms with van der Waals surface area (Å²) in [6.07, 6.45) is 2.13. The summed E-state index contributed by atoms with van der Waals surface area (Å²) in [5.74, 6) is 0.508. The van der Waals surface area contributed by atoms with Crippen LogP contribution in [0.15, 0.2) is 48.0 Å². The van der Waals surface area contributed by atoms with Crippen LogP contribution in [0.4, 0.5) is 15.0 Å². The molecule has 3 aromatic heterocycles. The molecule has 4 aromatic rings. The zero-order valence-electron chi connectivity index (χ0n) is 15.6. The lowest BCUT2D eigenvalue weighted by Crippen LogP contribution is -2.24. The van der Waals surface area contributed by atoms with E-state index in [2.05, 4.69) is 19.6 Å². The Morgan fingerprint density at radius 1 is 1.30 bits per heavy atom. The minimum atomic E-state index is -1.41. The maximum atomic E-state index is 13.7. The van der Waals surface area contributed by atoms with Gasteiger partial charge >= 0.3 is 6.16 Å². The number of carboxylic acid groups (broad SMARTS) is 1. The molecular weight excluding hydrogens is 409 g/mol. The van der Waals surface area contributed by atoms with Crippen molar-refractivity contribution in [3.8, 4) is 16.6 Å². The van der Waals surface area contributed by atoms with E-state index in [0.717, 1.165) is 42.1 Å². The number of ether oxygens (including phenoxy) is 1. The van der Waals surface area contributed by atoms with E-state index in [-0.39, 0.29) is 17.1 Å². The van der Waals surface area contributed by atoms with Crippen molar-refractivity contribution in [3.63, 3.8) is 0 Å². The summed E-state index contributed by atoms with van der Waals surface area (Å²) >= 11 is 1.08. The van der Waals surface area contributed by atoms with Crippen molar-refractivity contribution >= 4 is 29.0 Å². The van der Waals surface area contributed by atoms with Crippen LogP contribution in [0.2, 0.25) is 0 Å². The average Bonchev–Trinajstić information content (AvgIpc) is 3.46. The normalized spacial score (nSPS) is 16.3. The second kappa shape index (κ2) is 7.38. The van der Waals surface area contributed by atoms with Crippen LogP contribution < -0.4 is 9.64 Å². The van der Waals surface area contributed by atoms with Crippen molar-refractivity contribution in [3.05, 3.63) is 59.4 Å². The Hall–Kier alpha value is -3.53. The molecule has 1 N–H and O–H groups in total. The predicted molar refractivity (Wildman–Crippen MR) is 108 cm³/mol. The molecule has 5 rings (SSSR count). The van der Waals surface area contributed by atoms with E-state index < -0.39 is 6.16 Å². The second-order valence-electron chi connectivity index (χ2n) is 6.88. The molecular formula is C20H16FN5O3S. The second-order valence-corrected chi connectivity index (χ2v) is 7.70. The fourth-order valence-electron chi connectivity index (χ4n) is 3.79. The van der Waals surface area contributed by atoms with E-state index in [1.807, 2.05) is 18.2 Å². The molecule has 0 radical (unpaired) electrons. The zero-order valence-corrected chi connectivity index (χ0v) is 16.4. The summed E-state index contributed by atoms with van der Waals surface area (Å²) in [5.41, 5.74) is 2.72. The van der Waals surface area contributed by atoms with Gasteiger partial charge in [0.15, 0.2) is 5.65 Å². The zero-order chi connectivity index (χ0) is 20.7. The van der Waals surface area contributed by atoms with Crippen LogP contribution in [0.25, 0.3) is 17.0 Å². The lowest BCUT2D eigenvalue weighted by Gasteiger charge is -2.26. The highest BCUT2D eigenvalue weighted by molar-refractivity contribution is 7.11. The van der Waals surface area contributed by atoms with E-state index in [1.54, 1.807) is 28.2 Å². The molecule has 1 unspecified atom stereocenters. The molecule has 1 aliphatic rings. The van der Waals surface area contributed by atoms with Crippen LogP contribution in [0.3, 0.4) is 0 Å². The molecule has 0 saturated carbocycles. The van der Waals surface area contributed by atoms with Crippen molar-refractivity contribution in [2.45, 2.75) is 18.9 Å². The number of halogens is 1. The molecule has 4 heterocycles. The molecule has 1 aliphatic heterocycles. The van der Waals surface area contributed by atoms with Crippen molar-refractivity contribution < 1.29 is 19.0 Å². The molecule has 8 nitrogen and oxygen atoms in total. The Kier molecular flexibility index (Phi) is 4.55. The Balaban J connectivity index is 1.51. The summed E-state index contributed by atoms with van der Waals surface area (Å²) < 4.78 is 20.0. The van der Waals surface area contributed by atoms with Crippen molar-refractivity contribution in [2.24, 2.45) is 0 Å². The van der Waals surface area contributed by atoms with E-state index in [4.69, 9.17) is 10.2 Å². The van der Waals surface area contributed by atoms with E-state index in [9.17, 15) is 9.18 Å². The minimum absolute atomic E-state index is 0.0364. The summed E-state index contributed by atoms with van der Waals surface area (Å²) in [7, 11) is 0. The number of imidazole rings is 1. The van der Waals surface area contributed by atoms with Gasteiger partial charge in [0, 0.05) is 11.9 Å². The molecule has 0 amide bonds. The molecule has 1 saturated heterocycles. The van der Waals surface area contributed by atoms with Gasteiger partial charge in [-0.2, -0.15) is 0 Å². The number of hydrogen-bond acceptors (Lipinski definition) is 7. The largest absolute Gasteiger partial charge is 0.513 e. The smallest absolute Gasteiger partial charge is 0.449 e. The van der Waals surface area contributed by atoms with Gasteiger partial charge in [0.2, 0.25) is 0 Å². The number of thiazole rings is 1. The topological polar surface area (TPSA) is 92.8 Å². The first kappa shape index (κ1) is 18.5. The molecule has 152 valence electrons. The van der Waals surface area contributed by atoms with Gasteiger partial charge < -0.3 is 14.7 Å². The fourth-order valence-corrected chi connectivity index (χ4v) is 4.45. The molecule has 10 heteroatoms. The Morgan fingerprint density at radius 3 is 3.03 bits per heavy atom. The maximum Gasteiger partial charge on any atom is 0.513 e. The quantitative estimate of drug-likeness (QED) is 0.485. The maximum absolute atomic E-state index is 13.7. The van der Waals surface area contributed by atoms with Crippen LogP contribution in [0.1, 0.15) is 24.4 Å². The number of benzene rings is 1. The van der Waals surface area contributed by atoms with Crippen LogP contribution in [-0.2, 0) is 0 Å². The van der Waals surface area contributed by atoms with E-state index in [1.165, 1.54) is 6.07 Å². The standard InChI is InChI=1S/C20H16FN5O3S/c21-13-4-1-3-12(9-13)15-5-2-8-25(15)18-7-6-17-22-10-16(26(17)24-18)14-11-30-19(23-14)29-20(27)28/h1,3-4,6-7,9-11,15H,2,5,8H2,(H,27,28). The molecule has 1 atom stereocenters. The van der Waals surface area contributed by atoms with Crippen molar-refractivity contribution in [1.82, 2.24) is 19.6 Å². The molecule has 30 heavy (non-hydrogen) atoms. The molecule has 1 aromatic carbocycles. The third kappa shape index (κ3) is 3.35. The highest BCUT2D eigenvalue weighted by atomic mass is 32.1. The van der Waals surface area contributed by atoms with E-state index in [0.29, 0.717) is 17.0 Å². The van der Waals surface area contributed by atoms with Crippen LogP contribution >= 0.6 is 11.3 Å². The fraction of sp³-hybridized carbons (Fsp3) is 0.200. The van der Waals surface area contributed by atoms with Gasteiger partial charge in [-0.1, -0.05) is 23.5 Å². The summed E-state index contributed by atoms with van der Waals surface area (Å²) in [5, 5.41) is 15.2. The third-order valence-corrected chi connectivity index (χ3v) is 5.77. The Bertz CT molecular complexity index is 1240. The van der Waals surface area contributed by atoms with Gasteiger partial charge in [-0.25, -0.2) is 23.7 Å². The van der Waals surface area contributed by atoms with Gasteiger partial charge in [0.05, 0.1) is 12.2 Å². The average molecular weight is 425 g/mol. The molecule has 0 spiro atoms. The first-order valence-corrected chi connectivity index (χ1v) is 10.2. The SMILES string of the molecule is O=C(O)Oc1nc(-c2cnc3ccc(N4CCCC4c4cccc(F)c4)nn23)cs1. The van der Waals surface area contributed by atoms with Crippen LogP contribution in [0, 0.1) is 5.82 Å². The lowest BCUT2D eigenvalue weighted by atomic mass is 10.0. The summed E-state index contributed by atoms with van der Waals surface area (Å²) in [6, 6.07) is 10.5. The van der Waals surface area contributed by atoms with Gasteiger partial charge in [0.25, 0.3) is 5.19 Å². The van der Waals surface area contributed by atoms with Gasteiger partial charge in [-0.3, -0.25) is 0 Å². The first-order valence-electron chi connectivity index (χ1n) is 9.32. The number of nitrogens with zero attached hydrogens (tertiary/aromatic N) is 5. The monoisotopic (exact) mass is 425 g/mol. The van der Waals surface area contributed by atoms with Crippen LogP contribution in [-0.4, -0.2) is 37.4 Å². The van der Waals surface area contributed by atoms with Gasteiger partial charge in [-0.15, -0.1) is 5.10 Å². The van der Waals surface area contributed by atoms with Gasteiger partial charge in [0.1, 0.15) is 23.0 Å². The Labute approximate surface area is 174 Å². The molecule has 1 fully saturated rings. The first-order chi connectivity index (χ1) is 14.6. The summed E-state index contributed by atoms with van der Waals surface area (Å²) in [4.78, 5) is 21.5. The Morgan fingerprint density at radius 2 is 2.20 bits per heavy atom. The van der Waals surface area contributed by atoms with Crippen molar-refractivity contribution in [2.75, 3.05) is 11.4 Å². The number of fused-ring (bicyclic) bond motifs is 1. The molecule has 0 aliphatic carbocycles. The molecule has 0 bridgehead atoms. The number of anilines is 1. The number of carbonyl (C=O) groups is 1.